The van der Waals surface area contributed by atoms with E-state index in [9.17, 15) is 18.1 Å². The van der Waals surface area contributed by atoms with Crippen LogP contribution in [0.4, 0.5) is 10.1 Å². The largest absolute Gasteiger partial charge is 0.439 e. The number of hydrogen-bond acceptors (Lipinski definition) is 5. The first kappa shape index (κ1) is 22.2. The molecule has 0 fully saturated rings. The summed E-state index contributed by atoms with van der Waals surface area (Å²) in [7, 11) is -4.18. The van der Waals surface area contributed by atoms with Gasteiger partial charge in [0.05, 0.1) is 18.2 Å². The first-order chi connectivity index (χ1) is 16.3. The Morgan fingerprint density at radius 2 is 1.74 bits per heavy atom. The summed E-state index contributed by atoms with van der Waals surface area (Å²) in [4.78, 5) is -0.0543. The van der Waals surface area contributed by atoms with Crippen LogP contribution in [0.5, 0.6) is 0 Å². The molecule has 2 aliphatic heterocycles. The van der Waals surface area contributed by atoms with Crippen LogP contribution >= 0.6 is 15.9 Å². The van der Waals surface area contributed by atoms with Gasteiger partial charge in [-0.15, -0.1) is 0 Å². The second-order valence-electron chi connectivity index (χ2n) is 7.83. The molecule has 170 valence electrons. The summed E-state index contributed by atoms with van der Waals surface area (Å²) in [6.45, 7) is -0.0233. The van der Waals surface area contributed by atoms with Gasteiger partial charge in [0.15, 0.2) is 5.76 Å². The minimum absolute atomic E-state index is 0.0192. The molecule has 0 radical (unpaired) electrons. The standard InChI is InChI=1S/C25H17BrFN3O3S/c26-17-9-7-16(8-10-17)22-20(13-28)25(29)33-23-19-3-1-2-4-21(19)30(34(31,32)24(22)23)14-15-5-11-18(27)12-6-15/h1-12,22H,14,29H2. The molecule has 0 saturated heterocycles. The number of anilines is 1. The molecule has 2 aliphatic rings. The van der Waals surface area contributed by atoms with Gasteiger partial charge in [-0.25, -0.2) is 12.8 Å². The number of halogens is 2. The lowest BCUT2D eigenvalue weighted by molar-refractivity contribution is 0.357. The van der Waals surface area contributed by atoms with Crippen LogP contribution in [0.25, 0.3) is 5.76 Å². The third-order valence-corrected chi connectivity index (χ3v) is 8.21. The maximum absolute atomic E-state index is 14.1. The van der Waals surface area contributed by atoms with Crippen molar-refractivity contribution in [2.24, 2.45) is 5.73 Å². The van der Waals surface area contributed by atoms with E-state index in [2.05, 4.69) is 15.9 Å². The molecule has 0 aliphatic carbocycles. The van der Waals surface area contributed by atoms with Crippen molar-refractivity contribution in [1.29, 1.82) is 5.26 Å². The monoisotopic (exact) mass is 537 g/mol. The van der Waals surface area contributed by atoms with E-state index in [0.717, 1.165) is 4.47 Å². The zero-order valence-electron chi connectivity index (χ0n) is 17.6. The first-order valence-corrected chi connectivity index (χ1v) is 12.5. The Hall–Kier alpha value is -3.61. The van der Waals surface area contributed by atoms with Gasteiger partial charge in [-0.05, 0) is 47.5 Å². The topological polar surface area (TPSA) is 96.4 Å². The Kier molecular flexibility index (Phi) is 5.42. The minimum Gasteiger partial charge on any atom is -0.439 e. The number of benzene rings is 3. The van der Waals surface area contributed by atoms with Crippen molar-refractivity contribution in [2.75, 3.05) is 4.31 Å². The van der Waals surface area contributed by atoms with Gasteiger partial charge in [0, 0.05) is 10.0 Å². The summed E-state index contributed by atoms with van der Waals surface area (Å²) in [5.41, 5.74) is 8.28. The van der Waals surface area contributed by atoms with Gasteiger partial charge < -0.3 is 10.5 Å². The van der Waals surface area contributed by atoms with E-state index < -0.39 is 21.8 Å². The van der Waals surface area contributed by atoms with Gasteiger partial charge in [0.1, 0.15) is 22.4 Å². The van der Waals surface area contributed by atoms with E-state index in [-0.39, 0.29) is 28.7 Å². The molecule has 1 unspecified atom stereocenters. The van der Waals surface area contributed by atoms with Crippen LogP contribution in [-0.2, 0) is 21.3 Å². The predicted octanol–water partition coefficient (Wildman–Crippen LogP) is 5.11. The zero-order chi connectivity index (χ0) is 24.0. The fourth-order valence-corrected chi connectivity index (χ4v) is 6.40. The van der Waals surface area contributed by atoms with Gasteiger partial charge in [0.2, 0.25) is 5.88 Å². The molecule has 0 saturated carbocycles. The quantitative estimate of drug-likeness (QED) is 0.500. The van der Waals surface area contributed by atoms with Crippen LogP contribution in [0, 0.1) is 17.1 Å². The molecule has 5 rings (SSSR count). The number of nitriles is 1. The van der Waals surface area contributed by atoms with Crippen molar-refractivity contribution in [3.8, 4) is 6.07 Å². The maximum atomic E-state index is 14.1. The molecule has 0 bridgehead atoms. The number of para-hydroxylation sites is 1. The molecular weight excluding hydrogens is 521 g/mol. The number of sulfonamides is 1. The van der Waals surface area contributed by atoms with E-state index in [1.807, 2.05) is 6.07 Å². The maximum Gasteiger partial charge on any atom is 0.265 e. The lowest BCUT2D eigenvalue weighted by atomic mass is 9.88. The normalized spacial score (nSPS) is 18.6. The summed E-state index contributed by atoms with van der Waals surface area (Å²) in [5.74, 6) is -1.39. The van der Waals surface area contributed by atoms with Crippen LogP contribution in [-0.4, -0.2) is 8.42 Å². The number of allylic oxidation sites excluding steroid dienone is 2. The zero-order valence-corrected chi connectivity index (χ0v) is 20.0. The third-order valence-electron chi connectivity index (χ3n) is 5.80. The average molecular weight is 538 g/mol. The van der Waals surface area contributed by atoms with Gasteiger partial charge in [-0.2, -0.15) is 5.26 Å². The number of hydrogen-bond donors (Lipinski definition) is 1. The van der Waals surface area contributed by atoms with Crippen molar-refractivity contribution in [2.45, 2.75) is 12.5 Å². The molecule has 2 heterocycles. The first-order valence-electron chi connectivity index (χ1n) is 10.2. The summed E-state index contributed by atoms with van der Waals surface area (Å²) in [5, 5.41) is 9.89. The van der Waals surface area contributed by atoms with E-state index in [1.165, 1.54) is 16.4 Å². The molecule has 0 aromatic heterocycles. The molecule has 9 heteroatoms. The molecule has 0 amide bonds. The third kappa shape index (κ3) is 3.56. The Morgan fingerprint density at radius 1 is 1.06 bits per heavy atom. The van der Waals surface area contributed by atoms with Crippen LogP contribution in [0.2, 0.25) is 0 Å². The van der Waals surface area contributed by atoms with Crippen LogP contribution < -0.4 is 10.0 Å². The fraction of sp³-hybridized carbons (Fsp3) is 0.0800. The number of fused-ring (bicyclic) bond motifs is 2. The SMILES string of the molecule is N#CC1=C(N)OC2=C(C1c1ccc(Br)cc1)S(=O)(=O)N(Cc1ccc(F)cc1)c1ccccc12. The average Bonchev–Trinajstić information content (AvgIpc) is 2.82. The Bertz CT molecular complexity index is 1510. The van der Waals surface area contributed by atoms with Crippen LogP contribution in [0.1, 0.15) is 22.6 Å². The molecule has 3 aromatic carbocycles. The second kappa shape index (κ2) is 8.31. The Labute approximate surface area is 204 Å². The number of nitrogens with zero attached hydrogens (tertiary/aromatic N) is 2. The van der Waals surface area contributed by atoms with Gasteiger partial charge in [0.25, 0.3) is 10.0 Å². The van der Waals surface area contributed by atoms with Crippen molar-refractivity contribution < 1.29 is 17.5 Å². The van der Waals surface area contributed by atoms with Gasteiger partial charge >= 0.3 is 0 Å². The molecule has 6 nitrogen and oxygen atoms in total. The van der Waals surface area contributed by atoms with Crippen LogP contribution in [0.15, 0.2) is 93.6 Å². The summed E-state index contributed by atoms with van der Waals surface area (Å²) >= 11 is 3.39. The lowest BCUT2D eigenvalue weighted by Crippen LogP contribution is -2.39. The fourth-order valence-electron chi connectivity index (χ4n) is 4.22. The number of rotatable bonds is 3. The highest BCUT2D eigenvalue weighted by Crippen LogP contribution is 2.51. The summed E-state index contributed by atoms with van der Waals surface area (Å²) in [6, 6.07) is 21.7. The van der Waals surface area contributed by atoms with E-state index in [4.69, 9.17) is 10.5 Å². The molecule has 1 atom stereocenters. The Balaban J connectivity index is 1.75. The molecule has 0 spiro atoms. The smallest absolute Gasteiger partial charge is 0.265 e. The minimum atomic E-state index is -4.18. The van der Waals surface area contributed by atoms with E-state index >= 15 is 0 Å². The molecule has 34 heavy (non-hydrogen) atoms. The number of nitrogens with two attached hydrogens (primary N) is 1. The van der Waals surface area contributed by atoms with E-state index in [1.54, 1.807) is 60.7 Å². The molecular formula is C25H17BrFN3O3S. The highest BCUT2D eigenvalue weighted by atomic mass is 79.9. The highest BCUT2D eigenvalue weighted by Gasteiger charge is 2.47. The van der Waals surface area contributed by atoms with Gasteiger partial charge in [-0.3, -0.25) is 4.31 Å². The highest BCUT2D eigenvalue weighted by molar-refractivity contribution is 9.10. The lowest BCUT2D eigenvalue weighted by Gasteiger charge is -2.38. The number of ether oxygens (including phenoxy) is 1. The van der Waals surface area contributed by atoms with Crippen molar-refractivity contribution in [3.05, 3.63) is 116 Å². The predicted molar refractivity (Wildman–Crippen MR) is 130 cm³/mol. The Morgan fingerprint density at radius 3 is 2.41 bits per heavy atom. The summed E-state index contributed by atoms with van der Waals surface area (Å²) < 4.78 is 49.6. The van der Waals surface area contributed by atoms with Gasteiger partial charge in [-0.1, -0.05) is 52.3 Å². The van der Waals surface area contributed by atoms with Crippen molar-refractivity contribution >= 4 is 37.4 Å². The molecule has 2 N–H and O–H groups in total. The summed E-state index contributed by atoms with van der Waals surface area (Å²) in [6.07, 6.45) is 0. The van der Waals surface area contributed by atoms with E-state index in [0.29, 0.717) is 22.4 Å². The van der Waals surface area contributed by atoms with Crippen molar-refractivity contribution in [1.82, 2.24) is 0 Å². The van der Waals surface area contributed by atoms with Crippen molar-refractivity contribution in [3.63, 3.8) is 0 Å². The molecule has 3 aromatic rings. The van der Waals surface area contributed by atoms with Crippen LogP contribution in [0.3, 0.4) is 0 Å². The second-order valence-corrected chi connectivity index (χ2v) is 10.6.